The Kier molecular flexibility index (Phi) is 3.34. The number of rotatable bonds is 1. The van der Waals surface area contributed by atoms with Crippen molar-refractivity contribution in [3.63, 3.8) is 0 Å². The van der Waals surface area contributed by atoms with Crippen LogP contribution in [-0.2, 0) is 0 Å². The molecule has 0 bridgehead atoms. The largest absolute Gasteiger partial charge is 0.315 e. The molecule has 1 aliphatic heterocycles. The van der Waals surface area contributed by atoms with E-state index in [-0.39, 0.29) is 5.82 Å². The minimum Gasteiger partial charge on any atom is -0.315 e. The molecule has 2 nitrogen and oxygen atoms in total. The second kappa shape index (κ2) is 4.73. The van der Waals surface area contributed by atoms with Gasteiger partial charge in [0.25, 0.3) is 0 Å². The van der Waals surface area contributed by atoms with Crippen molar-refractivity contribution in [2.24, 2.45) is 0 Å². The Balaban J connectivity index is 2.14. The molecule has 0 spiro atoms. The molecule has 15 heavy (non-hydrogen) atoms. The smallest absolute Gasteiger partial charge is 0.123 e. The zero-order chi connectivity index (χ0) is 10.7. The number of hydrogen-bond donors (Lipinski definition) is 1. The summed E-state index contributed by atoms with van der Waals surface area (Å²) in [6, 6.07) is 6.94. The molecule has 1 atom stereocenters. The van der Waals surface area contributed by atoms with Crippen molar-refractivity contribution in [1.29, 1.82) is 0 Å². The lowest BCUT2D eigenvalue weighted by Gasteiger charge is -2.19. The van der Waals surface area contributed by atoms with E-state index in [9.17, 15) is 4.39 Å². The van der Waals surface area contributed by atoms with E-state index < -0.39 is 0 Å². The van der Waals surface area contributed by atoms with Gasteiger partial charge in [-0.2, -0.15) is 0 Å². The Hall–Kier alpha value is -0.930. The molecule has 1 N–H and O–H groups in total. The summed E-state index contributed by atoms with van der Waals surface area (Å²) in [4.78, 5) is 2.29. The third kappa shape index (κ3) is 2.76. The molecule has 0 aliphatic carbocycles. The number of nitrogens with zero attached hydrogens (tertiary/aromatic N) is 1. The summed E-state index contributed by atoms with van der Waals surface area (Å²) in [5.74, 6) is 0.257. The van der Waals surface area contributed by atoms with Crippen LogP contribution in [0.2, 0.25) is 0 Å². The molecule has 1 aliphatic rings. The molecule has 1 fully saturated rings. The van der Waals surface area contributed by atoms with Crippen LogP contribution in [0.1, 0.15) is 11.5 Å². The Bertz CT molecular complexity index is 327. The summed E-state index contributed by atoms with van der Waals surface area (Å²) in [5, 5.41) is 3.38. The number of likely N-dealkylation sites (N-methyl/N-ethyl adjacent to an activating group) is 1. The lowest BCUT2D eigenvalue weighted by molar-refractivity contribution is 0.342. The van der Waals surface area contributed by atoms with Gasteiger partial charge in [0.15, 0.2) is 0 Å². The van der Waals surface area contributed by atoms with Crippen LogP contribution in [0.15, 0.2) is 24.3 Å². The zero-order valence-corrected chi connectivity index (χ0v) is 9.04. The highest BCUT2D eigenvalue weighted by Gasteiger charge is 2.17. The van der Waals surface area contributed by atoms with Crippen molar-refractivity contribution in [3.8, 4) is 0 Å². The van der Waals surface area contributed by atoms with Crippen molar-refractivity contribution in [2.45, 2.75) is 5.92 Å². The normalized spacial score (nSPS) is 23.7. The van der Waals surface area contributed by atoms with E-state index in [2.05, 4.69) is 17.3 Å². The summed E-state index contributed by atoms with van der Waals surface area (Å²) in [5.41, 5.74) is 1.09. The molecule has 1 aromatic carbocycles. The van der Waals surface area contributed by atoms with Crippen molar-refractivity contribution < 1.29 is 4.39 Å². The first kappa shape index (κ1) is 10.6. The van der Waals surface area contributed by atoms with Crippen molar-refractivity contribution in [3.05, 3.63) is 35.6 Å². The topological polar surface area (TPSA) is 15.3 Å². The van der Waals surface area contributed by atoms with Gasteiger partial charge in [-0.3, -0.25) is 0 Å². The second-order valence-electron chi connectivity index (χ2n) is 4.22. The first-order valence-corrected chi connectivity index (χ1v) is 5.40. The first-order valence-electron chi connectivity index (χ1n) is 5.40. The van der Waals surface area contributed by atoms with Crippen LogP contribution in [0.5, 0.6) is 0 Å². The summed E-state index contributed by atoms with van der Waals surface area (Å²) in [6.45, 7) is 4.01. The van der Waals surface area contributed by atoms with Crippen LogP contribution in [0.4, 0.5) is 4.39 Å². The standard InChI is InChI=1S/C12H17FN2/c1-15-6-5-14-8-11(9-15)10-3-2-4-12(13)7-10/h2-4,7,11,14H,5-6,8-9H2,1H3. The molecule has 2 rings (SSSR count). The number of benzene rings is 1. The highest BCUT2D eigenvalue weighted by molar-refractivity contribution is 5.21. The van der Waals surface area contributed by atoms with Crippen LogP contribution >= 0.6 is 0 Å². The van der Waals surface area contributed by atoms with Crippen molar-refractivity contribution in [1.82, 2.24) is 10.2 Å². The van der Waals surface area contributed by atoms with E-state index in [1.165, 1.54) is 6.07 Å². The lowest BCUT2D eigenvalue weighted by Crippen LogP contribution is -2.24. The molecule has 82 valence electrons. The Morgan fingerprint density at radius 3 is 3.13 bits per heavy atom. The third-order valence-electron chi connectivity index (χ3n) is 2.91. The molecule has 0 radical (unpaired) electrons. The van der Waals surface area contributed by atoms with Gasteiger partial charge < -0.3 is 10.2 Å². The lowest BCUT2D eigenvalue weighted by atomic mass is 9.99. The molecular weight excluding hydrogens is 191 g/mol. The van der Waals surface area contributed by atoms with Gasteiger partial charge in [0.1, 0.15) is 5.82 Å². The molecule has 3 heteroatoms. The Labute approximate surface area is 90.1 Å². The van der Waals surface area contributed by atoms with E-state index in [1.807, 2.05) is 6.07 Å². The maximum absolute atomic E-state index is 13.1. The van der Waals surface area contributed by atoms with Gasteiger partial charge in [0, 0.05) is 32.1 Å². The van der Waals surface area contributed by atoms with E-state index in [0.29, 0.717) is 5.92 Å². The molecule has 0 amide bonds. The number of halogens is 1. The summed E-state index contributed by atoms with van der Waals surface area (Å²) >= 11 is 0. The maximum atomic E-state index is 13.1. The predicted octanol–water partition coefficient (Wildman–Crippen LogP) is 1.44. The van der Waals surface area contributed by atoms with E-state index >= 15 is 0 Å². The second-order valence-corrected chi connectivity index (χ2v) is 4.22. The van der Waals surface area contributed by atoms with Gasteiger partial charge in [0.2, 0.25) is 0 Å². The highest BCUT2D eigenvalue weighted by atomic mass is 19.1. The molecule has 1 saturated heterocycles. The van der Waals surface area contributed by atoms with Gasteiger partial charge in [-0.1, -0.05) is 12.1 Å². The van der Waals surface area contributed by atoms with Gasteiger partial charge in [-0.25, -0.2) is 4.39 Å². The fraction of sp³-hybridized carbons (Fsp3) is 0.500. The van der Waals surface area contributed by atoms with Gasteiger partial charge >= 0.3 is 0 Å². The summed E-state index contributed by atoms with van der Waals surface area (Å²) in [6.07, 6.45) is 0. The number of hydrogen-bond acceptors (Lipinski definition) is 2. The summed E-state index contributed by atoms with van der Waals surface area (Å²) < 4.78 is 13.1. The Morgan fingerprint density at radius 2 is 2.33 bits per heavy atom. The molecule has 0 saturated carbocycles. The van der Waals surface area contributed by atoms with Crippen LogP contribution in [-0.4, -0.2) is 38.1 Å². The SMILES string of the molecule is CN1CCNCC(c2cccc(F)c2)C1. The van der Waals surface area contributed by atoms with Gasteiger partial charge in [-0.15, -0.1) is 0 Å². The average Bonchev–Trinajstić information content (AvgIpc) is 2.43. The molecule has 0 aromatic heterocycles. The Morgan fingerprint density at radius 1 is 1.47 bits per heavy atom. The van der Waals surface area contributed by atoms with Crippen LogP contribution in [0.3, 0.4) is 0 Å². The minimum absolute atomic E-state index is 0.139. The van der Waals surface area contributed by atoms with E-state index in [1.54, 1.807) is 12.1 Å². The zero-order valence-electron chi connectivity index (χ0n) is 9.04. The highest BCUT2D eigenvalue weighted by Crippen LogP contribution is 2.18. The quantitative estimate of drug-likeness (QED) is 0.751. The van der Waals surface area contributed by atoms with Crippen molar-refractivity contribution >= 4 is 0 Å². The first-order chi connectivity index (χ1) is 7.25. The third-order valence-corrected chi connectivity index (χ3v) is 2.91. The fourth-order valence-corrected chi connectivity index (χ4v) is 2.06. The van der Waals surface area contributed by atoms with Crippen molar-refractivity contribution in [2.75, 3.05) is 33.2 Å². The van der Waals surface area contributed by atoms with E-state index in [4.69, 9.17) is 0 Å². The monoisotopic (exact) mass is 208 g/mol. The van der Waals surface area contributed by atoms with Crippen LogP contribution in [0.25, 0.3) is 0 Å². The van der Waals surface area contributed by atoms with Gasteiger partial charge in [-0.05, 0) is 24.7 Å². The van der Waals surface area contributed by atoms with E-state index in [0.717, 1.165) is 31.7 Å². The van der Waals surface area contributed by atoms with Crippen LogP contribution in [0, 0.1) is 5.82 Å². The van der Waals surface area contributed by atoms with Crippen LogP contribution < -0.4 is 5.32 Å². The molecule has 1 aromatic rings. The van der Waals surface area contributed by atoms with Gasteiger partial charge in [0.05, 0.1) is 0 Å². The molecular formula is C12H17FN2. The summed E-state index contributed by atoms with van der Waals surface area (Å²) in [7, 11) is 2.11. The fourth-order valence-electron chi connectivity index (χ4n) is 2.06. The number of nitrogens with one attached hydrogen (secondary N) is 1. The minimum atomic E-state index is -0.139. The molecule has 1 heterocycles. The maximum Gasteiger partial charge on any atom is 0.123 e. The average molecular weight is 208 g/mol. The molecule has 1 unspecified atom stereocenters. The predicted molar refractivity (Wildman–Crippen MR) is 59.5 cm³/mol.